The number of rotatable bonds is 8. The SMILES string of the molecule is CCC(NC(=O)c1ccc(CN2CCN(S(=O)(=O)c3ccccc3)CC2)cc1)c1ccccc1. The molecule has 0 bridgehead atoms. The summed E-state index contributed by atoms with van der Waals surface area (Å²) in [5, 5.41) is 3.12. The minimum atomic E-state index is -3.44. The molecule has 0 aromatic heterocycles. The molecule has 178 valence electrons. The smallest absolute Gasteiger partial charge is 0.251 e. The summed E-state index contributed by atoms with van der Waals surface area (Å²) in [6.45, 7) is 5.06. The first kappa shape index (κ1) is 24.1. The van der Waals surface area contributed by atoms with Gasteiger partial charge in [-0.1, -0.05) is 67.6 Å². The Morgan fingerprint density at radius 3 is 2.03 bits per heavy atom. The predicted octanol–water partition coefficient (Wildman–Crippen LogP) is 4.07. The van der Waals surface area contributed by atoms with E-state index in [0.29, 0.717) is 36.6 Å². The van der Waals surface area contributed by atoms with Gasteiger partial charge in [0.15, 0.2) is 0 Å². The van der Waals surface area contributed by atoms with Crippen LogP contribution >= 0.6 is 0 Å². The highest BCUT2D eigenvalue weighted by molar-refractivity contribution is 7.89. The molecule has 1 aliphatic rings. The van der Waals surface area contributed by atoms with Crippen molar-refractivity contribution in [3.8, 4) is 0 Å². The number of nitrogens with zero attached hydrogens (tertiary/aromatic N) is 2. The van der Waals surface area contributed by atoms with E-state index in [1.54, 1.807) is 28.6 Å². The Labute approximate surface area is 202 Å². The number of sulfonamides is 1. The number of benzene rings is 3. The number of hydrogen-bond acceptors (Lipinski definition) is 4. The molecule has 0 spiro atoms. The second kappa shape index (κ2) is 11.0. The van der Waals surface area contributed by atoms with E-state index >= 15 is 0 Å². The molecule has 0 radical (unpaired) electrons. The monoisotopic (exact) mass is 477 g/mol. The molecule has 1 fully saturated rings. The summed E-state index contributed by atoms with van der Waals surface area (Å²) < 4.78 is 27.2. The molecule has 4 rings (SSSR count). The first-order valence-corrected chi connectivity index (χ1v) is 13.1. The molecular weight excluding hydrogens is 446 g/mol. The molecule has 7 heteroatoms. The molecule has 1 N–H and O–H groups in total. The maximum Gasteiger partial charge on any atom is 0.251 e. The Kier molecular flexibility index (Phi) is 7.77. The largest absolute Gasteiger partial charge is 0.345 e. The fourth-order valence-corrected chi connectivity index (χ4v) is 5.68. The fourth-order valence-electron chi connectivity index (χ4n) is 4.24. The molecule has 1 atom stereocenters. The van der Waals surface area contributed by atoms with Crippen LogP contribution in [0, 0.1) is 0 Å². The quantitative estimate of drug-likeness (QED) is 0.531. The molecule has 6 nitrogen and oxygen atoms in total. The third kappa shape index (κ3) is 5.73. The first-order chi connectivity index (χ1) is 16.5. The van der Waals surface area contributed by atoms with E-state index in [9.17, 15) is 13.2 Å². The van der Waals surface area contributed by atoms with Gasteiger partial charge in [-0.05, 0) is 41.8 Å². The van der Waals surface area contributed by atoms with Gasteiger partial charge >= 0.3 is 0 Å². The fraction of sp³-hybridized carbons (Fsp3) is 0.296. The molecule has 1 aliphatic heterocycles. The van der Waals surface area contributed by atoms with Crippen LogP contribution < -0.4 is 5.32 Å². The Morgan fingerprint density at radius 1 is 0.853 bits per heavy atom. The van der Waals surface area contributed by atoms with Crippen molar-refractivity contribution >= 4 is 15.9 Å². The van der Waals surface area contributed by atoms with Crippen molar-refractivity contribution in [2.24, 2.45) is 0 Å². The van der Waals surface area contributed by atoms with Crippen LogP contribution in [0.25, 0.3) is 0 Å². The third-order valence-electron chi connectivity index (χ3n) is 6.25. The molecule has 3 aromatic rings. The lowest BCUT2D eigenvalue weighted by molar-refractivity contribution is 0.0935. The van der Waals surface area contributed by atoms with Gasteiger partial charge in [-0.15, -0.1) is 0 Å². The maximum atomic E-state index is 12.8. The zero-order chi connectivity index (χ0) is 24.0. The number of piperazine rings is 1. The number of amides is 1. The normalized spacial score (nSPS) is 16.1. The highest BCUT2D eigenvalue weighted by atomic mass is 32.2. The van der Waals surface area contributed by atoms with E-state index in [1.807, 2.05) is 60.7 Å². The second-order valence-corrected chi connectivity index (χ2v) is 10.5. The van der Waals surface area contributed by atoms with Crippen LogP contribution in [0.2, 0.25) is 0 Å². The summed E-state index contributed by atoms with van der Waals surface area (Å²) in [7, 11) is -3.44. The van der Waals surface area contributed by atoms with Crippen LogP contribution in [0.15, 0.2) is 89.8 Å². The van der Waals surface area contributed by atoms with Crippen molar-refractivity contribution in [1.82, 2.24) is 14.5 Å². The number of carbonyl (C=O) groups is 1. The highest BCUT2D eigenvalue weighted by Gasteiger charge is 2.28. The van der Waals surface area contributed by atoms with Gasteiger partial charge in [-0.25, -0.2) is 8.42 Å². The molecular formula is C27H31N3O3S. The van der Waals surface area contributed by atoms with Crippen molar-refractivity contribution in [1.29, 1.82) is 0 Å². The van der Waals surface area contributed by atoms with Crippen molar-refractivity contribution in [3.63, 3.8) is 0 Å². The van der Waals surface area contributed by atoms with Gasteiger partial charge in [0.2, 0.25) is 10.0 Å². The molecule has 1 heterocycles. The van der Waals surface area contributed by atoms with Crippen LogP contribution in [0.3, 0.4) is 0 Å². The van der Waals surface area contributed by atoms with E-state index in [4.69, 9.17) is 0 Å². The van der Waals surface area contributed by atoms with Crippen molar-refractivity contribution in [2.75, 3.05) is 26.2 Å². The van der Waals surface area contributed by atoms with Crippen molar-refractivity contribution in [3.05, 3.63) is 102 Å². The average Bonchev–Trinajstić information content (AvgIpc) is 2.89. The highest BCUT2D eigenvalue weighted by Crippen LogP contribution is 2.19. The summed E-state index contributed by atoms with van der Waals surface area (Å²) in [6.07, 6.45) is 0.819. The minimum absolute atomic E-state index is 0.0168. The topological polar surface area (TPSA) is 69.7 Å². The van der Waals surface area contributed by atoms with Crippen molar-refractivity contribution in [2.45, 2.75) is 30.8 Å². The molecule has 0 saturated carbocycles. The summed E-state index contributed by atoms with van der Waals surface area (Å²) >= 11 is 0. The van der Waals surface area contributed by atoms with Crippen LogP contribution in [-0.4, -0.2) is 49.7 Å². The van der Waals surface area contributed by atoms with E-state index in [0.717, 1.165) is 24.1 Å². The van der Waals surface area contributed by atoms with Gasteiger partial charge < -0.3 is 5.32 Å². The van der Waals surface area contributed by atoms with Crippen molar-refractivity contribution < 1.29 is 13.2 Å². The Balaban J connectivity index is 1.31. The lowest BCUT2D eigenvalue weighted by Crippen LogP contribution is -2.48. The number of carbonyl (C=O) groups excluding carboxylic acids is 1. The van der Waals surface area contributed by atoms with Crippen LogP contribution in [0.5, 0.6) is 0 Å². The van der Waals surface area contributed by atoms with Gasteiger partial charge in [-0.2, -0.15) is 4.31 Å². The van der Waals surface area contributed by atoms with Gasteiger partial charge in [0.25, 0.3) is 5.91 Å². The van der Waals surface area contributed by atoms with Gasteiger partial charge in [0, 0.05) is 38.3 Å². The zero-order valence-electron chi connectivity index (χ0n) is 19.4. The molecule has 34 heavy (non-hydrogen) atoms. The molecule has 1 saturated heterocycles. The molecule has 1 unspecified atom stereocenters. The van der Waals surface area contributed by atoms with E-state index < -0.39 is 10.0 Å². The third-order valence-corrected chi connectivity index (χ3v) is 8.16. The minimum Gasteiger partial charge on any atom is -0.345 e. The Morgan fingerprint density at radius 2 is 1.44 bits per heavy atom. The molecule has 3 aromatic carbocycles. The Hall–Kier alpha value is -3.00. The summed E-state index contributed by atoms with van der Waals surface area (Å²) in [5.74, 6) is -0.0815. The van der Waals surface area contributed by atoms with Crippen LogP contribution in [0.4, 0.5) is 0 Å². The lowest BCUT2D eigenvalue weighted by Gasteiger charge is -2.34. The van der Waals surface area contributed by atoms with Crippen LogP contribution in [-0.2, 0) is 16.6 Å². The number of hydrogen-bond donors (Lipinski definition) is 1. The second-order valence-electron chi connectivity index (χ2n) is 8.54. The zero-order valence-corrected chi connectivity index (χ0v) is 20.2. The van der Waals surface area contributed by atoms with Crippen LogP contribution in [0.1, 0.15) is 40.9 Å². The summed E-state index contributed by atoms with van der Waals surface area (Å²) in [4.78, 5) is 15.3. The van der Waals surface area contributed by atoms with Gasteiger partial charge in [0.05, 0.1) is 10.9 Å². The van der Waals surface area contributed by atoms with E-state index in [-0.39, 0.29) is 11.9 Å². The van der Waals surface area contributed by atoms with Gasteiger partial charge in [0.1, 0.15) is 0 Å². The average molecular weight is 478 g/mol. The summed E-state index contributed by atoms with van der Waals surface area (Å²) in [6, 6.07) is 26.2. The van der Waals surface area contributed by atoms with E-state index in [1.165, 1.54) is 0 Å². The van der Waals surface area contributed by atoms with Gasteiger partial charge in [-0.3, -0.25) is 9.69 Å². The lowest BCUT2D eigenvalue weighted by atomic mass is 10.0. The van der Waals surface area contributed by atoms with E-state index in [2.05, 4.69) is 17.1 Å². The standard InChI is InChI=1S/C27H31N3O3S/c1-2-26(23-9-5-3-6-10-23)28-27(31)24-15-13-22(14-16-24)21-29-17-19-30(20-18-29)34(32,33)25-11-7-4-8-12-25/h3-16,26H,2,17-21H2,1H3,(H,28,31). The molecule has 1 amide bonds. The Bertz CT molecular complexity index is 1170. The first-order valence-electron chi connectivity index (χ1n) is 11.7. The predicted molar refractivity (Wildman–Crippen MR) is 134 cm³/mol. The number of nitrogens with one attached hydrogen (secondary N) is 1. The summed E-state index contributed by atoms with van der Waals surface area (Å²) in [5.41, 5.74) is 2.84. The maximum absolute atomic E-state index is 12.8. The molecule has 0 aliphatic carbocycles.